The first-order valence-corrected chi connectivity index (χ1v) is 11.3. The number of ether oxygens (including phenoxy) is 1. The Morgan fingerprint density at radius 2 is 1.75 bits per heavy atom. The molecule has 0 aromatic carbocycles. The van der Waals surface area contributed by atoms with Gasteiger partial charge in [-0.05, 0) is 43.7 Å². The summed E-state index contributed by atoms with van der Waals surface area (Å²) in [5.41, 5.74) is 1.07. The fourth-order valence-electron chi connectivity index (χ4n) is 4.25. The molecule has 2 N–H and O–H groups in total. The van der Waals surface area contributed by atoms with Gasteiger partial charge in [0.05, 0.1) is 29.2 Å². The number of imidazole rings is 1. The normalized spacial score (nSPS) is 18.3. The summed E-state index contributed by atoms with van der Waals surface area (Å²) < 4.78 is 44.7. The largest absolute Gasteiger partial charge is 0.481 e. The van der Waals surface area contributed by atoms with E-state index in [0.29, 0.717) is 22.8 Å². The van der Waals surface area contributed by atoms with Crippen LogP contribution in [0.4, 0.5) is 13.2 Å². The maximum Gasteiger partial charge on any atom is 0.417 e. The molecule has 36 heavy (non-hydrogen) atoms. The summed E-state index contributed by atoms with van der Waals surface area (Å²) >= 11 is 0. The maximum absolute atomic E-state index is 12.9. The van der Waals surface area contributed by atoms with E-state index in [0.717, 1.165) is 37.9 Å². The third-order valence-corrected chi connectivity index (χ3v) is 6.14. The summed E-state index contributed by atoms with van der Waals surface area (Å²) in [6, 6.07) is 4.51. The number of carboxylic acids is 1. The molecule has 1 fully saturated rings. The molecule has 0 bridgehead atoms. The van der Waals surface area contributed by atoms with E-state index in [2.05, 4.69) is 29.9 Å². The molecule has 186 valence electrons. The fraction of sp³-hybridized carbons (Fsp3) is 0.333. The van der Waals surface area contributed by atoms with Crippen LogP contribution in [0.5, 0.6) is 5.88 Å². The van der Waals surface area contributed by atoms with Crippen molar-refractivity contribution < 1.29 is 27.8 Å². The number of hydrogen-bond acceptors (Lipinski definition) is 7. The first-order chi connectivity index (χ1) is 17.2. The molecular weight excluding hydrogens is 477 g/mol. The molecule has 0 amide bonds. The minimum absolute atomic E-state index is 0.0120. The van der Waals surface area contributed by atoms with Gasteiger partial charge in [-0.15, -0.1) is 0 Å². The Labute approximate surface area is 202 Å². The van der Waals surface area contributed by atoms with Gasteiger partial charge in [-0.1, -0.05) is 0 Å². The minimum Gasteiger partial charge on any atom is -0.481 e. The molecule has 1 saturated carbocycles. The number of fused-ring (bicyclic) bond motifs is 1. The summed E-state index contributed by atoms with van der Waals surface area (Å²) in [5.74, 6) is 0.183. The number of pyridine rings is 2. The molecule has 0 saturated heterocycles. The van der Waals surface area contributed by atoms with Crippen molar-refractivity contribution in [2.75, 3.05) is 0 Å². The highest BCUT2D eigenvalue weighted by Gasteiger charge is 2.31. The lowest BCUT2D eigenvalue weighted by molar-refractivity contribution is -0.139. The zero-order chi connectivity index (χ0) is 25.3. The van der Waals surface area contributed by atoms with Gasteiger partial charge >= 0.3 is 12.1 Å². The number of halogens is 3. The van der Waals surface area contributed by atoms with Crippen molar-refractivity contribution in [1.82, 2.24) is 29.9 Å². The van der Waals surface area contributed by atoms with Crippen molar-refractivity contribution in [2.45, 2.75) is 44.4 Å². The van der Waals surface area contributed by atoms with Crippen molar-refractivity contribution >= 4 is 17.1 Å². The Kier molecular flexibility index (Phi) is 6.25. The highest BCUT2D eigenvalue weighted by molar-refractivity contribution is 5.75. The smallest absolute Gasteiger partial charge is 0.417 e. The average molecular weight is 498 g/mol. The number of aromatic amines is 1. The summed E-state index contributed by atoms with van der Waals surface area (Å²) in [4.78, 5) is 34.7. The minimum atomic E-state index is -4.50. The molecule has 0 spiro atoms. The Hall–Kier alpha value is -4.09. The quantitative estimate of drug-likeness (QED) is 0.384. The second kappa shape index (κ2) is 9.51. The summed E-state index contributed by atoms with van der Waals surface area (Å²) in [7, 11) is 0. The number of nitrogens with zero attached hydrogens (tertiary/aromatic N) is 5. The lowest BCUT2D eigenvalue weighted by Crippen LogP contribution is -2.25. The third kappa shape index (κ3) is 5.26. The molecule has 1 aliphatic rings. The van der Waals surface area contributed by atoms with Gasteiger partial charge in [-0.2, -0.15) is 13.2 Å². The highest BCUT2D eigenvalue weighted by Crippen LogP contribution is 2.31. The zero-order valence-corrected chi connectivity index (χ0v) is 18.9. The Bertz CT molecular complexity index is 1360. The van der Waals surface area contributed by atoms with Gasteiger partial charge in [0.15, 0.2) is 11.5 Å². The van der Waals surface area contributed by atoms with Gasteiger partial charge in [0, 0.05) is 30.4 Å². The number of H-pyrrole nitrogens is 1. The molecule has 1 aliphatic carbocycles. The van der Waals surface area contributed by atoms with Crippen LogP contribution in [0.15, 0.2) is 43.0 Å². The number of hydrogen-bond donors (Lipinski definition) is 2. The van der Waals surface area contributed by atoms with Crippen molar-refractivity contribution in [3.8, 4) is 28.7 Å². The van der Waals surface area contributed by atoms with Gasteiger partial charge in [-0.25, -0.2) is 19.9 Å². The van der Waals surface area contributed by atoms with Crippen LogP contribution in [0.3, 0.4) is 0 Å². The molecule has 0 radical (unpaired) electrons. The van der Waals surface area contributed by atoms with E-state index >= 15 is 0 Å². The number of aromatic nitrogens is 6. The van der Waals surface area contributed by atoms with Crippen molar-refractivity contribution in [3.63, 3.8) is 0 Å². The number of nitrogens with one attached hydrogen (secondary N) is 1. The highest BCUT2D eigenvalue weighted by atomic mass is 19.4. The summed E-state index contributed by atoms with van der Waals surface area (Å²) in [6.45, 7) is 0. The monoisotopic (exact) mass is 498 g/mol. The number of rotatable bonds is 6. The van der Waals surface area contributed by atoms with E-state index in [9.17, 15) is 18.0 Å². The maximum atomic E-state index is 12.9. The van der Waals surface area contributed by atoms with E-state index in [4.69, 9.17) is 9.84 Å². The van der Waals surface area contributed by atoms with E-state index in [1.807, 2.05) is 6.07 Å². The van der Waals surface area contributed by atoms with Crippen LogP contribution < -0.4 is 4.74 Å². The molecule has 5 rings (SSSR count). The number of carbonyl (C=O) groups is 1. The number of alkyl halides is 3. The standard InChI is InChI=1S/C24H21F3N6O3/c25-24(26,27)15-8-17-22(31-10-15)33-23(32-17)19-12-28-18(11-29-19)14-3-6-20(30-9-14)36-16-4-1-13(2-5-16)7-21(34)35/h3,6,8-13,16H,1-2,4-5,7H2,(H,34,35)(H,31,32,33)/t13-,16-. The predicted molar refractivity (Wildman–Crippen MR) is 122 cm³/mol. The molecule has 4 aromatic heterocycles. The molecule has 0 atom stereocenters. The van der Waals surface area contributed by atoms with Gasteiger partial charge in [0.2, 0.25) is 5.88 Å². The molecular formula is C24H21F3N6O3. The average Bonchev–Trinajstić information content (AvgIpc) is 3.29. The van der Waals surface area contributed by atoms with Crippen molar-refractivity contribution in [3.05, 3.63) is 48.5 Å². The topological polar surface area (TPSA) is 127 Å². The Balaban J connectivity index is 1.23. The van der Waals surface area contributed by atoms with Crippen LogP contribution in [0.2, 0.25) is 0 Å². The van der Waals surface area contributed by atoms with Gasteiger partial charge in [-0.3, -0.25) is 9.78 Å². The first-order valence-electron chi connectivity index (χ1n) is 11.3. The van der Waals surface area contributed by atoms with E-state index < -0.39 is 17.7 Å². The molecule has 12 heteroatoms. The number of aliphatic carboxylic acids is 1. The third-order valence-electron chi connectivity index (χ3n) is 6.14. The first kappa shape index (κ1) is 23.6. The van der Waals surface area contributed by atoms with Crippen LogP contribution in [-0.2, 0) is 11.0 Å². The van der Waals surface area contributed by atoms with Crippen LogP contribution in [0, 0.1) is 5.92 Å². The second-order valence-electron chi connectivity index (χ2n) is 8.71. The number of carboxylic acid groups (broad SMARTS) is 1. The van der Waals surface area contributed by atoms with Crippen LogP contribution in [0.25, 0.3) is 33.9 Å². The molecule has 0 aliphatic heterocycles. The molecule has 9 nitrogen and oxygen atoms in total. The molecule has 4 heterocycles. The lowest BCUT2D eigenvalue weighted by Gasteiger charge is -2.27. The fourth-order valence-corrected chi connectivity index (χ4v) is 4.25. The zero-order valence-electron chi connectivity index (χ0n) is 18.9. The van der Waals surface area contributed by atoms with Gasteiger partial charge < -0.3 is 14.8 Å². The van der Waals surface area contributed by atoms with Crippen LogP contribution in [0.1, 0.15) is 37.7 Å². The van der Waals surface area contributed by atoms with E-state index in [1.54, 1.807) is 12.3 Å². The second-order valence-corrected chi connectivity index (χ2v) is 8.71. The molecule has 0 unspecified atom stereocenters. The van der Waals surface area contributed by atoms with Gasteiger partial charge in [0.1, 0.15) is 11.8 Å². The van der Waals surface area contributed by atoms with Crippen LogP contribution >= 0.6 is 0 Å². The Morgan fingerprint density at radius 1 is 1.00 bits per heavy atom. The SMILES string of the molecule is O=C(O)C[C@H]1CC[C@H](Oc2ccc(-c3cnc(-c4nc5ncc(C(F)(F)F)cc5[nH]4)cn3)cn2)CC1. The molecule has 4 aromatic rings. The van der Waals surface area contributed by atoms with Crippen molar-refractivity contribution in [2.24, 2.45) is 5.92 Å². The summed E-state index contributed by atoms with van der Waals surface area (Å²) in [6.07, 6.45) is 4.31. The van der Waals surface area contributed by atoms with E-state index in [-0.39, 0.29) is 35.4 Å². The van der Waals surface area contributed by atoms with E-state index in [1.165, 1.54) is 12.4 Å². The summed E-state index contributed by atoms with van der Waals surface area (Å²) in [5, 5.41) is 8.93. The van der Waals surface area contributed by atoms with Crippen LogP contribution in [-0.4, -0.2) is 47.1 Å². The lowest BCUT2D eigenvalue weighted by atomic mass is 9.85. The van der Waals surface area contributed by atoms with Gasteiger partial charge in [0.25, 0.3) is 0 Å². The predicted octanol–water partition coefficient (Wildman–Crippen LogP) is 4.91. The Morgan fingerprint density at radius 3 is 2.39 bits per heavy atom. The van der Waals surface area contributed by atoms with Crippen molar-refractivity contribution in [1.29, 1.82) is 0 Å².